The summed E-state index contributed by atoms with van der Waals surface area (Å²) in [4.78, 5) is 13.0. The highest BCUT2D eigenvalue weighted by molar-refractivity contribution is 9.13. The molecule has 0 spiro atoms. The zero-order chi connectivity index (χ0) is 13.9. The van der Waals surface area contributed by atoms with E-state index < -0.39 is 0 Å². The van der Waals surface area contributed by atoms with Gasteiger partial charge in [0.15, 0.2) is 0 Å². The fraction of sp³-hybridized carbons (Fsp3) is 0.583. The number of hydrogen-bond donors (Lipinski definition) is 2. The van der Waals surface area contributed by atoms with Crippen molar-refractivity contribution < 1.29 is 4.79 Å². The fourth-order valence-electron chi connectivity index (χ4n) is 1.30. The topological polar surface area (TPSA) is 41.1 Å². The minimum atomic E-state index is -0.205. The molecule has 1 aromatic rings. The molecule has 1 heterocycles. The molecule has 0 aromatic carbocycles. The summed E-state index contributed by atoms with van der Waals surface area (Å²) in [6.07, 6.45) is 0. The van der Waals surface area contributed by atoms with E-state index in [4.69, 9.17) is 0 Å². The van der Waals surface area contributed by atoms with Crippen LogP contribution in [0.15, 0.2) is 14.3 Å². The zero-order valence-electron chi connectivity index (χ0n) is 10.9. The molecule has 1 amide bonds. The Morgan fingerprint density at radius 1 is 1.44 bits per heavy atom. The molecule has 0 saturated carbocycles. The highest BCUT2D eigenvalue weighted by Gasteiger charge is 2.18. The quantitative estimate of drug-likeness (QED) is 0.813. The Kier molecular flexibility index (Phi) is 5.83. The van der Waals surface area contributed by atoms with E-state index in [2.05, 4.69) is 48.6 Å². The van der Waals surface area contributed by atoms with E-state index in [9.17, 15) is 4.79 Å². The van der Waals surface area contributed by atoms with Gasteiger partial charge < -0.3 is 10.6 Å². The highest BCUT2D eigenvalue weighted by Crippen LogP contribution is 2.32. The Bertz CT molecular complexity index is 407. The molecule has 0 aliphatic heterocycles. The summed E-state index contributed by atoms with van der Waals surface area (Å²) < 4.78 is 2.13. The lowest BCUT2D eigenvalue weighted by molar-refractivity contribution is -0.124. The van der Waals surface area contributed by atoms with Gasteiger partial charge in [-0.15, -0.1) is 11.3 Å². The number of hydrogen-bond acceptors (Lipinski definition) is 3. The van der Waals surface area contributed by atoms with Crippen molar-refractivity contribution in [1.82, 2.24) is 10.6 Å². The Hall–Kier alpha value is 0.0900. The second-order valence-electron chi connectivity index (χ2n) is 5.18. The lowest BCUT2D eigenvalue weighted by Crippen LogP contribution is -2.49. The smallest absolute Gasteiger partial charge is 0.237 e. The average molecular weight is 398 g/mol. The number of carbonyl (C=O) groups is 1. The summed E-state index contributed by atoms with van der Waals surface area (Å²) >= 11 is 8.56. The Morgan fingerprint density at radius 3 is 2.50 bits per heavy atom. The maximum absolute atomic E-state index is 11.9. The molecule has 1 aromatic heterocycles. The van der Waals surface area contributed by atoms with Crippen LogP contribution in [0.25, 0.3) is 0 Å². The lowest BCUT2D eigenvalue weighted by Gasteiger charge is -2.23. The van der Waals surface area contributed by atoms with Crippen LogP contribution in [0.5, 0.6) is 0 Å². The predicted octanol–water partition coefficient (Wildman–Crippen LogP) is 3.67. The third-order valence-corrected chi connectivity index (χ3v) is 5.43. The summed E-state index contributed by atoms with van der Waals surface area (Å²) in [5, 5.41) is 6.17. The van der Waals surface area contributed by atoms with Gasteiger partial charge in [-0.3, -0.25) is 4.79 Å². The number of amides is 1. The van der Waals surface area contributed by atoms with Crippen LogP contribution in [0.4, 0.5) is 0 Å². The Morgan fingerprint density at radius 2 is 2.06 bits per heavy atom. The maximum Gasteiger partial charge on any atom is 0.237 e. The summed E-state index contributed by atoms with van der Waals surface area (Å²) in [6, 6.07) is 1.85. The molecule has 0 saturated heterocycles. The van der Waals surface area contributed by atoms with Gasteiger partial charge in [-0.25, -0.2) is 0 Å². The molecule has 1 atom stereocenters. The average Bonchev–Trinajstić information content (AvgIpc) is 2.52. The van der Waals surface area contributed by atoms with Gasteiger partial charge >= 0.3 is 0 Å². The number of carbonyl (C=O) groups excluding carboxylic acids is 1. The molecule has 0 aliphatic carbocycles. The summed E-state index contributed by atoms with van der Waals surface area (Å²) in [5.41, 5.74) is -0.192. The van der Waals surface area contributed by atoms with E-state index in [1.165, 1.54) is 4.88 Å². The van der Waals surface area contributed by atoms with Crippen LogP contribution in [0, 0.1) is 0 Å². The minimum absolute atomic E-state index is 0.0252. The molecule has 1 unspecified atom stereocenters. The van der Waals surface area contributed by atoms with Crippen LogP contribution in [0.1, 0.15) is 32.6 Å². The monoisotopic (exact) mass is 396 g/mol. The van der Waals surface area contributed by atoms with Crippen LogP contribution in [0.3, 0.4) is 0 Å². The van der Waals surface area contributed by atoms with Crippen molar-refractivity contribution in [2.75, 3.05) is 0 Å². The van der Waals surface area contributed by atoms with E-state index in [1.54, 1.807) is 11.3 Å². The second kappa shape index (κ2) is 6.50. The molecular weight excluding hydrogens is 380 g/mol. The first-order valence-corrected chi connectivity index (χ1v) is 8.08. The van der Waals surface area contributed by atoms with Crippen LogP contribution in [-0.2, 0) is 11.3 Å². The van der Waals surface area contributed by atoms with Gasteiger partial charge in [-0.2, -0.15) is 0 Å². The third kappa shape index (κ3) is 5.38. The van der Waals surface area contributed by atoms with E-state index in [-0.39, 0.29) is 17.5 Å². The number of nitrogens with one attached hydrogen (secondary N) is 2. The molecule has 6 heteroatoms. The first kappa shape index (κ1) is 16.1. The summed E-state index contributed by atoms with van der Waals surface area (Å²) in [5.74, 6) is 0.0252. The molecule has 3 nitrogen and oxygen atoms in total. The van der Waals surface area contributed by atoms with Gasteiger partial charge in [0.1, 0.15) is 0 Å². The Labute approximate surface area is 129 Å². The third-order valence-electron chi connectivity index (χ3n) is 2.17. The molecule has 0 fully saturated rings. The molecule has 2 N–H and O–H groups in total. The lowest BCUT2D eigenvalue weighted by atomic mass is 10.1. The van der Waals surface area contributed by atoms with Crippen LogP contribution in [0.2, 0.25) is 0 Å². The number of halogens is 2. The first-order chi connectivity index (χ1) is 8.19. The zero-order valence-corrected chi connectivity index (χ0v) is 14.9. The van der Waals surface area contributed by atoms with Crippen molar-refractivity contribution in [1.29, 1.82) is 0 Å². The van der Waals surface area contributed by atoms with E-state index in [0.29, 0.717) is 6.54 Å². The first-order valence-electron chi connectivity index (χ1n) is 5.68. The molecule has 0 radical (unpaired) electrons. The van der Waals surface area contributed by atoms with Crippen LogP contribution >= 0.6 is 43.2 Å². The molecule has 1 rings (SSSR count). The normalized spacial score (nSPS) is 13.4. The number of rotatable bonds is 4. The molecule has 0 aliphatic rings. The van der Waals surface area contributed by atoms with E-state index >= 15 is 0 Å². The van der Waals surface area contributed by atoms with E-state index in [0.717, 1.165) is 8.26 Å². The SMILES string of the molecule is CC(NCc1cc(Br)c(Br)s1)C(=O)NC(C)(C)C. The van der Waals surface area contributed by atoms with Crippen LogP contribution < -0.4 is 10.6 Å². The standard InChI is InChI=1S/C12H18Br2N2OS/c1-7(11(17)16-12(2,3)4)15-6-8-5-9(13)10(14)18-8/h5,7,15H,6H2,1-4H3,(H,16,17). The molecule has 0 bridgehead atoms. The van der Waals surface area contributed by atoms with Crippen molar-refractivity contribution in [2.45, 2.75) is 45.8 Å². The fourth-order valence-corrected chi connectivity index (χ4v) is 3.43. The predicted molar refractivity (Wildman–Crippen MR) is 83.9 cm³/mol. The van der Waals surface area contributed by atoms with Crippen molar-refractivity contribution in [3.05, 3.63) is 19.2 Å². The summed E-state index contributed by atoms with van der Waals surface area (Å²) in [6.45, 7) is 8.49. The summed E-state index contributed by atoms with van der Waals surface area (Å²) in [7, 11) is 0. The molecular formula is C12H18Br2N2OS. The van der Waals surface area contributed by atoms with Gasteiger partial charge in [0.25, 0.3) is 0 Å². The van der Waals surface area contributed by atoms with Gasteiger partial charge in [0, 0.05) is 21.4 Å². The van der Waals surface area contributed by atoms with Crippen molar-refractivity contribution >= 4 is 49.1 Å². The van der Waals surface area contributed by atoms with E-state index in [1.807, 2.05) is 27.7 Å². The second-order valence-corrected chi connectivity index (χ2v) is 8.49. The molecule has 102 valence electrons. The van der Waals surface area contributed by atoms with Gasteiger partial charge in [0.05, 0.1) is 9.83 Å². The number of thiophene rings is 1. The largest absolute Gasteiger partial charge is 0.350 e. The minimum Gasteiger partial charge on any atom is -0.350 e. The van der Waals surface area contributed by atoms with Crippen LogP contribution in [-0.4, -0.2) is 17.5 Å². The van der Waals surface area contributed by atoms with Crippen molar-refractivity contribution in [3.63, 3.8) is 0 Å². The maximum atomic E-state index is 11.9. The molecule has 18 heavy (non-hydrogen) atoms. The Balaban J connectivity index is 2.46. The van der Waals surface area contributed by atoms with Gasteiger partial charge in [-0.1, -0.05) is 0 Å². The van der Waals surface area contributed by atoms with Gasteiger partial charge in [-0.05, 0) is 65.6 Å². The highest BCUT2D eigenvalue weighted by atomic mass is 79.9. The van der Waals surface area contributed by atoms with Crippen molar-refractivity contribution in [2.24, 2.45) is 0 Å². The van der Waals surface area contributed by atoms with Crippen molar-refractivity contribution in [3.8, 4) is 0 Å². The van der Waals surface area contributed by atoms with Gasteiger partial charge in [0.2, 0.25) is 5.91 Å².